The summed E-state index contributed by atoms with van der Waals surface area (Å²) in [5, 5.41) is 8.90. The molecule has 0 bridgehead atoms. The average Bonchev–Trinajstić information content (AvgIpc) is 2.81. The van der Waals surface area contributed by atoms with Gasteiger partial charge in [0.1, 0.15) is 18.0 Å². The standard InChI is InChI=1S/C13H16N4O2/c1-7(2)11-15-9(4)8(3)12(16-11)17-5-10(13(18)19)14-6-17/h5-7H,1-4H3,(H,18,19). The maximum absolute atomic E-state index is 10.9. The summed E-state index contributed by atoms with van der Waals surface area (Å²) in [4.78, 5) is 23.6. The summed E-state index contributed by atoms with van der Waals surface area (Å²) in [6.07, 6.45) is 2.92. The molecule has 2 aromatic heterocycles. The molecule has 6 heteroatoms. The molecule has 0 atom stereocenters. The van der Waals surface area contributed by atoms with E-state index in [-0.39, 0.29) is 11.6 Å². The molecule has 0 aromatic carbocycles. The van der Waals surface area contributed by atoms with E-state index >= 15 is 0 Å². The van der Waals surface area contributed by atoms with E-state index in [9.17, 15) is 4.79 Å². The molecule has 0 amide bonds. The van der Waals surface area contributed by atoms with Crippen LogP contribution in [0, 0.1) is 13.8 Å². The number of aryl methyl sites for hydroxylation is 1. The highest BCUT2D eigenvalue weighted by Crippen LogP contribution is 2.18. The van der Waals surface area contributed by atoms with Crippen LogP contribution >= 0.6 is 0 Å². The third kappa shape index (κ3) is 2.47. The topological polar surface area (TPSA) is 80.9 Å². The second-order valence-electron chi connectivity index (χ2n) is 4.74. The molecule has 0 saturated heterocycles. The first kappa shape index (κ1) is 13.2. The molecule has 2 heterocycles. The molecule has 6 nitrogen and oxygen atoms in total. The lowest BCUT2D eigenvalue weighted by molar-refractivity contribution is 0.0691. The van der Waals surface area contributed by atoms with E-state index in [0.29, 0.717) is 5.82 Å². The van der Waals surface area contributed by atoms with Gasteiger partial charge in [0.05, 0.1) is 0 Å². The number of hydrogen-bond donors (Lipinski definition) is 1. The zero-order chi connectivity index (χ0) is 14.2. The van der Waals surface area contributed by atoms with E-state index in [1.807, 2.05) is 27.7 Å². The smallest absolute Gasteiger partial charge is 0.356 e. The first-order valence-corrected chi connectivity index (χ1v) is 6.03. The Bertz CT molecular complexity index is 632. The minimum atomic E-state index is -1.05. The van der Waals surface area contributed by atoms with Crippen LogP contribution in [-0.4, -0.2) is 30.6 Å². The SMILES string of the molecule is Cc1nc(C(C)C)nc(-n2cnc(C(=O)O)c2)c1C. The minimum Gasteiger partial charge on any atom is -0.476 e. The fraction of sp³-hybridized carbons (Fsp3) is 0.385. The number of aromatic carboxylic acids is 1. The van der Waals surface area contributed by atoms with Crippen molar-refractivity contribution in [3.8, 4) is 5.82 Å². The number of hydrogen-bond acceptors (Lipinski definition) is 4. The first-order chi connectivity index (χ1) is 8.90. The van der Waals surface area contributed by atoms with Crippen molar-refractivity contribution >= 4 is 5.97 Å². The van der Waals surface area contributed by atoms with E-state index in [1.54, 1.807) is 4.57 Å². The van der Waals surface area contributed by atoms with Crippen molar-refractivity contribution in [1.29, 1.82) is 0 Å². The van der Waals surface area contributed by atoms with E-state index in [1.165, 1.54) is 12.5 Å². The summed E-state index contributed by atoms with van der Waals surface area (Å²) in [6, 6.07) is 0. The van der Waals surface area contributed by atoms with Gasteiger partial charge < -0.3 is 5.11 Å². The number of carboxylic acid groups (broad SMARTS) is 1. The average molecular weight is 260 g/mol. The number of rotatable bonds is 3. The fourth-order valence-electron chi connectivity index (χ4n) is 1.69. The lowest BCUT2D eigenvalue weighted by Crippen LogP contribution is -2.08. The van der Waals surface area contributed by atoms with Gasteiger partial charge in [0.15, 0.2) is 5.69 Å². The lowest BCUT2D eigenvalue weighted by Gasteiger charge is -2.12. The van der Waals surface area contributed by atoms with E-state index in [4.69, 9.17) is 5.11 Å². The van der Waals surface area contributed by atoms with Crippen LogP contribution in [0.1, 0.15) is 47.3 Å². The molecule has 0 radical (unpaired) electrons. The van der Waals surface area contributed by atoms with Gasteiger partial charge in [-0.05, 0) is 13.8 Å². The molecule has 100 valence electrons. The molecule has 0 saturated carbocycles. The Morgan fingerprint density at radius 3 is 2.53 bits per heavy atom. The first-order valence-electron chi connectivity index (χ1n) is 6.03. The molecule has 0 aliphatic carbocycles. The van der Waals surface area contributed by atoms with Gasteiger partial charge in [0, 0.05) is 23.4 Å². The van der Waals surface area contributed by atoms with Gasteiger partial charge in [0.25, 0.3) is 0 Å². The largest absolute Gasteiger partial charge is 0.476 e. The molecular weight excluding hydrogens is 244 g/mol. The van der Waals surface area contributed by atoms with Crippen molar-refractivity contribution in [2.45, 2.75) is 33.6 Å². The molecule has 1 N–H and O–H groups in total. The van der Waals surface area contributed by atoms with Gasteiger partial charge in [-0.3, -0.25) is 4.57 Å². The maximum atomic E-state index is 10.9. The predicted molar refractivity (Wildman–Crippen MR) is 69.7 cm³/mol. The Kier molecular flexibility index (Phi) is 3.33. The van der Waals surface area contributed by atoms with Crippen LogP contribution in [-0.2, 0) is 0 Å². The molecule has 0 unspecified atom stereocenters. The van der Waals surface area contributed by atoms with Gasteiger partial charge in [-0.1, -0.05) is 13.8 Å². The Hall–Kier alpha value is -2.24. The van der Waals surface area contributed by atoms with Crippen molar-refractivity contribution in [3.05, 3.63) is 35.3 Å². The quantitative estimate of drug-likeness (QED) is 0.914. The summed E-state index contributed by atoms with van der Waals surface area (Å²) >= 11 is 0. The molecule has 19 heavy (non-hydrogen) atoms. The zero-order valence-corrected chi connectivity index (χ0v) is 11.4. The fourth-order valence-corrected chi connectivity index (χ4v) is 1.69. The third-order valence-electron chi connectivity index (χ3n) is 2.94. The van der Waals surface area contributed by atoms with Crippen LogP contribution < -0.4 is 0 Å². The summed E-state index contributed by atoms with van der Waals surface area (Å²) in [5.41, 5.74) is 1.81. The zero-order valence-electron chi connectivity index (χ0n) is 11.4. The van der Waals surface area contributed by atoms with E-state index < -0.39 is 5.97 Å². The number of aromatic nitrogens is 4. The van der Waals surface area contributed by atoms with Crippen molar-refractivity contribution in [2.75, 3.05) is 0 Å². The Morgan fingerprint density at radius 1 is 1.32 bits per heavy atom. The van der Waals surface area contributed by atoms with Crippen LogP contribution in [0.4, 0.5) is 0 Å². The van der Waals surface area contributed by atoms with E-state index in [2.05, 4.69) is 15.0 Å². The number of carboxylic acids is 1. The maximum Gasteiger partial charge on any atom is 0.356 e. The highest BCUT2D eigenvalue weighted by molar-refractivity contribution is 5.85. The Labute approximate surface area is 111 Å². The van der Waals surface area contributed by atoms with Gasteiger partial charge in [-0.15, -0.1) is 0 Å². The highest BCUT2D eigenvalue weighted by Gasteiger charge is 2.14. The van der Waals surface area contributed by atoms with Gasteiger partial charge in [-0.2, -0.15) is 0 Å². The molecule has 2 aromatic rings. The Balaban J connectivity index is 2.56. The summed E-state index contributed by atoms with van der Waals surface area (Å²) in [7, 11) is 0. The van der Waals surface area contributed by atoms with Crippen LogP contribution in [0.3, 0.4) is 0 Å². The number of imidazole rings is 1. The number of nitrogens with zero attached hydrogens (tertiary/aromatic N) is 4. The second-order valence-corrected chi connectivity index (χ2v) is 4.74. The molecule has 0 spiro atoms. The molecule has 0 fully saturated rings. The normalized spacial score (nSPS) is 11.0. The molecule has 2 rings (SSSR count). The highest BCUT2D eigenvalue weighted by atomic mass is 16.4. The van der Waals surface area contributed by atoms with Gasteiger partial charge >= 0.3 is 5.97 Å². The van der Waals surface area contributed by atoms with Crippen LogP contribution in [0.15, 0.2) is 12.5 Å². The van der Waals surface area contributed by atoms with Crippen LogP contribution in [0.5, 0.6) is 0 Å². The van der Waals surface area contributed by atoms with Crippen molar-refractivity contribution in [1.82, 2.24) is 19.5 Å². The van der Waals surface area contributed by atoms with Gasteiger partial charge in [-0.25, -0.2) is 19.7 Å². The number of carbonyl (C=O) groups is 1. The summed E-state index contributed by atoms with van der Waals surface area (Å²) < 4.78 is 1.62. The van der Waals surface area contributed by atoms with Crippen LogP contribution in [0.2, 0.25) is 0 Å². The monoisotopic (exact) mass is 260 g/mol. The minimum absolute atomic E-state index is 0.00163. The predicted octanol–water partition coefficient (Wildman–Crippen LogP) is 2.10. The molecular formula is C13H16N4O2. The summed E-state index contributed by atoms with van der Waals surface area (Å²) in [6.45, 7) is 7.87. The molecule has 0 aliphatic rings. The van der Waals surface area contributed by atoms with Crippen molar-refractivity contribution in [2.24, 2.45) is 0 Å². The van der Waals surface area contributed by atoms with Crippen molar-refractivity contribution in [3.63, 3.8) is 0 Å². The lowest BCUT2D eigenvalue weighted by atomic mass is 10.1. The second kappa shape index (κ2) is 4.79. The van der Waals surface area contributed by atoms with E-state index in [0.717, 1.165) is 17.1 Å². The van der Waals surface area contributed by atoms with Crippen molar-refractivity contribution < 1.29 is 9.90 Å². The summed E-state index contributed by atoms with van der Waals surface area (Å²) in [5.74, 6) is 0.576. The van der Waals surface area contributed by atoms with Crippen LogP contribution in [0.25, 0.3) is 5.82 Å². The Morgan fingerprint density at radius 2 is 2.00 bits per heavy atom. The molecule has 0 aliphatic heterocycles. The third-order valence-corrected chi connectivity index (χ3v) is 2.94. The van der Waals surface area contributed by atoms with Gasteiger partial charge in [0.2, 0.25) is 0 Å².